The highest BCUT2D eigenvalue weighted by molar-refractivity contribution is 5.98. The third-order valence-electron chi connectivity index (χ3n) is 13.6. The fourth-order valence-electron chi connectivity index (χ4n) is 9.62. The van der Waals surface area contributed by atoms with E-state index in [1.165, 1.54) is 40.8 Å². The van der Waals surface area contributed by atoms with E-state index in [2.05, 4.69) is 26.6 Å². The lowest BCUT2D eigenvalue weighted by Gasteiger charge is -2.36. The molecule has 0 radical (unpaired) electrons. The van der Waals surface area contributed by atoms with Gasteiger partial charge in [-0.3, -0.25) is 38.4 Å². The third kappa shape index (κ3) is 14.8. The lowest BCUT2D eigenvalue weighted by molar-refractivity contribution is -0.161. The smallest absolute Gasteiger partial charge is 0.329 e. The Labute approximate surface area is 423 Å². The van der Waals surface area contributed by atoms with Gasteiger partial charge in [-0.15, -0.1) is 0 Å². The van der Waals surface area contributed by atoms with Crippen molar-refractivity contribution >= 4 is 53.2 Å². The van der Waals surface area contributed by atoms with E-state index in [0.717, 1.165) is 0 Å². The normalized spacial score (nSPS) is 26.8. The third-order valence-corrected chi connectivity index (χ3v) is 13.6. The van der Waals surface area contributed by atoms with Crippen molar-refractivity contribution in [1.29, 1.82) is 0 Å². The van der Waals surface area contributed by atoms with Gasteiger partial charge < -0.3 is 51.1 Å². The van der Waals surface area contributed by atoms with Crippen LogP contribution >= 0.6 is 0 Å². The highest BCUT2D eigenvalue weighted by Gasteiger charge is 2.45. The summed E-state index contributed by atoms with van der Waals surface area (Å²) in [5.41, 5.74) is 1.25. The van der Waals surface area contributed by atoms with Gasteiger partial charge in [-0.25, -0.2) is 4.79 Å². The maximum absolute atomic E-state index is 15.0. The van der Waals surface area contributed by atoms with Gasteiger partial charge in [0.1, 0.15) is 60.2 Å². The molecule has 6 N–H and O–H groups in total. The number of fused-ring (bicyclic) bond motifs is 2. The number of hydrogen-bond donors (Lipinski definition) is 6. The predicted molar refractivity (Wildman–Crippen MR) is 267 cm³/mol. The largest absolute Gasteiger partial charge is 0.508 e. The van der Waals surface area contributed by atoms with Crippen molar-refractivity contribution in [3.05, 3.63) is 65.7 Å². The summed E-state index contributed by atoms with van der Waals surface area (Å²) in [7, 11) is 1.46. The molecular weight excluding hydrogens is 925 g/mol. The SMILES string of the molecule is CCC(=O)N[C@@H]1C(=O)N[C@@H](Cc2ccccc2)C(=O)N[C@H](CC(C)C)C(=O)N[C@@H](C(C)C)C(=O)N2CCC[C@H]2C(=O)N[C@@H](CC(C)C)C(=O)N(C)[C@@H](Cc2ccc(O)cc2)C(=O)N2CCC[C@@H]2C(=O)O[C@@H]1C. The van der Waals surface area contributed by atoms with Gasteiger partial charge in [0.05, 0.1) is 0 Å². The molecule has 3 saturated heterocycles. The maximum atomic E-state index is 15.0. The molecule has 0 aromatic heterocycles. The number of hydrogen-bond acceptors (Lipinski definition) is 11. The van der Waals surface area contributed by atoms with E-state index in [1.54, 1.807) is 63.2 Å². The molecule has 9 atom stereocenters. The molecule has 19 nitrogen and oxygen atoms in total. The molecule has 0 bridgehead atoms. The van der Waals surface area contributed by atoms with Gasteiger partial charge in [-0.1, -0.05) is 90.9 Å². The molecule has 394 valence electrons. The van der Waals surface area contributed by atoms with Crippen LogP contribution in [0.3, 0.4) is 0 Å². The number of nitrogens with one attached hydrogen (secondary N) is 5. The molecule has 8 amide bonds. The average Bonchev–Trinajstić information content (AvgIpc) is 4.04. The number of cyclic esters (lactones) is 1. The summed E-state index contributed by atoms with van der Waals surface area (Å²) in [5.74, 6) is -6.64. The van der Waals surface area contributed by atoms with Crippen molar-refractivity contribution in [2.75, 3.05) is 20.1 Å². The highest BCUT2D eigenvalue weighted by Crippen LogP contribution is 2.26. The molecule has 3 heterocycles. The van der Waals surface area contributed by atoms with Crippen LogP contribution in [0.1, 0.15) is 111 Å². The Morgan fingerprint density at radius 2 is 1.21 bits per heavy atom. The molecule has 3 aliphatic heterocycles. The first-order chi connectivity index (χ1) is 34.1. The van der Waals surface area contributed by atoms with Gasteiger partial charge in [0, 0.05) is 39.4 Å². The molecule has 2 aromatic rings. The molecule has 0 unspecified atom stereocenters. The Balaban J connectivity index is 1.61. The van der Waals surface area contributed by atoms with Gasteiger partial charge in [0.15, 0.2) is 0 Å². The van der Waals surface area contributed by atoms with Gasteiger partial charge in [-0.2, -0.15) is 0 Å². The van der Waals surface area contributed by atoms with Crippen molar-refractivity contribution in [3.63, 3.8) is 0 Å². The van der Waals surface area contributed by atoms with Gasteiger partial charge in [0.25, 0.3) is 0 Å². The van der Waals surface area contributed by atoms with E-state index in [0.29, 0.717) is 24.0 Å². The number of phenolic OH excluding ortho intramolecular Hbond substituents is 1. The summed E-state index contributed by atoms with van der Waals surface area (Å²) in [5, 5.41) is 24.1. The Morgan fingerprint density at radius 1 is 0.667 bits per heavy atom. The van der Waals surface area contributed by atoms with Crippen molar-refractivity contribution < 1.29 is 53.0 Å². The zero-order valence-electron chi connectivity index (χ0n) is 43.3. The zero-order chi connectivity index (χ0) is 53.0. The van der Waals surface area contributed by atoms with Gasteiger partial charge >= 0.3 is 5.97 Å². The lowest BCUT2D eigenvalue weighted by Crippen LogP contribution is -2.61. The fourth-order valence-corrected chi connectivity index (χ4v) is 9.62. The molecule has 19 heteroatoms. The number of nitrogens with zero attached hydrogens (tertiary/aromatic N) is 3. The molecule has 0 aliphatic carbocycles. The van der Waals surface area contributed by atoms with Crippen LogP contribution in [0.25, 0.3) is 0 Å². The molecule has 72 heavy (non-hydrogen) atoms. The number of ether oxygens (including phenoxy) is 1. The number of benzene rings is 2. The zero-order valence-corrected chi connectivity index (χ0v) is 43.3. The summed E-state index contributed by atoms with van der Waals surface area (Å²) in [6.45, 7) is 14.3. The fraction of sp³-hybridized carbons (Fsp3) is 0.604. The maximum Gasteiger partial charge on any atom is 0.329 e. The summed E-state index contributed by atoms with van der Waals surface area (Å²) in [4.78, 5) is 134. The Morgan fingerprint density at radius 3 is 1.81 bits per heavy atom. The summed E-state index contributed by atoms with van der Waals surface area (Å²) in [6.07, 6.45) is 0.208. The van der Waals surface area contributed by atoms with E-state index in [-0.39, 0.29) is 75.6 Å². The van der Waals surface area contributed by atoms with E-state index in [9.17, 15) is 48.3 Å². The highest BCUT2D eigenvalue weighted by atomic mass is 16.5. The second-order valence-electron chi connectivity index (χ2n) is 20.6. The predicted octanol–water partition coefficient (Wildman–Crippen LogP) is 2.51. The van der Waals surface area contributed by atoms with Crippen molar-refractivity contribution in [2.24, 2.45) is 17.8 Å². The van der Waals surface area contributed by atoms with E-state index >= 15 is 0 Å². The van der Waals surface area contributed by atoms with Crippen LogP contribution in [0, 0.1) is 17.8 Å². The Bertz CT molecular complexity index is 2260. The van der Waals surface area contributed by atoms with E-state index in [1.807, 2.05) is 27.7 Å². The molecular formula is C53H76N8O11. The molecule has 3 aliphatic rings. The molecule has 0 saturated carbocycles. The first kappa shape index (κ1) is 56.4. The van der Waals surface area contributed by atoms with Gasteiger partial charge in [-0.05, 0) is 86.5 Å². The quantitative estimate of drug-likeness (QED) is 0.179. The molecule has 3 fully saturated rings. The number of phenols is 1. The number of rotatable bonds is 11. The van der Waals surface area contributed by atoms with Crippen molar-refractivity contribution in [1.82, 2.24) is 41.3 Å². The van der Waals surface area contributed by atoms with Crippen LogP contribution in [0.4, 0.5) is 0 Å². The molecule has 5 rings (SSSR count). The summed E-state index contributed by atoms with van der Waals surface area (Å²) in [6, 6.07) is 5.34. The Hall–Kier alpha value is -6.53. The first-order valence-corrected chi connectivity index (χ1v) is 25.5. The van der Waals surface area contributed by atoms with Crippen LogP contribution in [0.2, 0.25) is 0 Å². The number of carbonyl (C=O) groups is 9. The van der Waals surface area contributed by atoms with Gasteiger partial charge in [0.2, 0.25) is 47.3 Å². The minimum absolute atomic E-state index is 0.0103. The summed E-state index contributed by atoms with van der Waals surface area (Å²) < 4.78 is 5.96. The van der Waals surface area contributed by atoms with Crippen LogP contribution in [0.5, 0.6) is 5.75 Å². The minimum Gasteiger partial charge on any atom is -0.508 e. The lowest BCUT2D eigenvalue weighted by atomic mass is 9.98. The van der Waals surface area contributed by atoms with Crippen LogP contribution in [-0.4, -0.2) is 148 Å². The molecule has 2 aromatic carbocycles. The van der Waals surface area contributed by atoms with Crippen LogP contribution in [-0.2, 0) is 60.7 Å². The number of amides is 8. The minimum atomic E-state index is -1.52. The Kier molecular flexibility index (Phi) is 20.1. The first-order valence-electron chi connectivity index (χ1n) is 25.5. The van der Waals surface area contributed by atoms with E-state index < -0.39 is 114 Å². The van der Waals surface area contributed by atoms with Crippen molar-refractivity contribution in [3.8, 4) is 5.75 Å². The monoisotopic (exact) mass is 1000 g/mol. The van der Waals surface area contributed by atoms with E-state index in [4.69, 9.17) is 4.74 Å². The van der Waals surface area contributed by atoms with Crippen LogP contribution in [0.15, 0.2) is 54.6 Å². The summed E-state index contributed by atoms with van der Waals surface area (Å²) >= 11 is 0. The second-order valence-corrected chi connectivity index (χ2v) is 20.6. The number of aromatic hydroxyl groups is 1. The van der Waals surface area contributed by atoms with Crippen molar-refractivity contribution in [2.45, 2.75) is 168 Å². The average molecular weight is 1000 g/mol. The standard InChI is InChI=1S/C53H76N8O11/c1-10-43(63)57-45-33(8)72-53(71)41-19-15-25-61(41)51(69)42(29-35-20-22-36(62)23-21-35)59(9)50(68)39(27-31(4)5)56-48(66)40-18-14-24-60(40)52(70)44(32(6)7)58-47(65)37(26-30(2)3)54-46(64)38(55-49(45)67)28-34-16-12-11-13-17-34/h11-13,16-17,20-23,30-33,37-42,44-45,62H,10,14-15,18-19,24-29H2,1-9H3,(H,54,64)(H,55,67)(H,56,66)(H,57,63)(H,58,65)/t33-,37-,38+,39+,40+,41-,42+,44+,45+/m1/s1. The van der Waals surface area contributed by atoms with Crippen LogP contribution < -0.4 is 26.6 Å². The number of carbonyl (C=O) groups excluding carboxylic acids is 9. The topological polar surface area (TPSA) is 253 Å². The second kappa shape index (κ2) is 25.7. The molecule has 0 spiro atoms. The number of esters is 1. The number of likely N-dealkylation sites (N-methyl/N-ethyl adjacent to an activating group) is 1.